The van der Waals surface area contributed by atoms with Crippen LogP contribution < -0.4 is 5.32 Å². The Bertz CT molecular complexity index is 603. The molecule has 2 heterocycles. The lowest BCUT2D eigenvalue weighted by Gasteiger charge is -2.20. The van der Waals surface area contributed by atoms with Gasteiger partial charge in [0.1, 0.15) is 12.4 Å². The molecule has 1 amide bonds. The molecule has 18 heavy (non-hydrogen) atoms. The van der Waals surface area contributed by atoms with Crippen LogP contribution >= 0.6 is 15.9 Å². The van der Waals surface area contributed by atoms with Gasteiger partial charge in [0.15, 0.2) is 0 Å². The zero-order valence-corrected chi connectivity index (χ0v) is 11.4. The van der Waals surface area contributed by atoms with Crippen LogP contribution in [-0.4, -0.2) is 15.5 Å². The first-order chi connectivity index (χ1) is 8.63. The number of aromatic nitrogens is 2. The Hall–Kier alpha value is -1.62. The maximum absolute atomic E-state index is 11.5. The normalized spacial score (nSPS) is 18.3. The summed E-state index contributed by atoms with van der Waals surface area (Å²) in [7, 11) is 0. The van der Waals surface area contributed by atoms with E-state index in [4.69, 9.17) is 0 Å². The molecule has 0 aliphatic carbocycles. The molecule has 0 bridgehead atoms. The number of hydrogen-bond acceptors (Lipinski definition) is 2. The molecule has 0 saturated heterocycles. The predicted octanol–water partition coefficient (Wildman–Crippen LogP) is 2.50. The van der Waals surface area contributed by atoms with Crippen LogP contribution in [0.1, 0.15) is 18.8 Å². The van der Waals surface area contributed by atoms with Crippen LogP contribution in [-0.2, 0) is 11.3 Å². The summed E-state index contributed by atoms with van der Waals surface area (Å²) >= 11 is 3.41. The van der Waals surface area contributed by atoms with Crippen molar-refractivity contribution >= 4 is 21.8 Å². The highest BCUT2D eigenvalue weighted by molar-refractivity contribution is 9.10. The number of imidazole rings is 1. The minimum absolute atomic E-state index is 0.0320. The molecular formula is C13H12BrN3O. The van der Waals surface area contributed by atoms with E-state index >= 15 is 0 Å². The van der Waals surface area contributed by atoms with Gasteiger partial charge in [-0.2, -0.15) is 0 Å². The number of carbonyl (C=O) groups is 1. The first-order valence-electron chi connectivity index (χ1n) is 5.76. The van der Waals surface area contributed by atoms with Crippen molar-refractivity contribution in [2.75, 3.05) is 0 Å². The maximum Gasteiger partial charge on any atom is 0.240 e. The molecule has 1 unspecified atom stereocenters. The van der Waals surface area contributed by atoms with Crippen molar-refractivity contribution in [2.24, 2.45) is 0 Å². The topological polar surface area (TPSA) is 46.9 Å². The van der Waals surface area contributed by atoms with Crippen molar-refractivity contribution < 1.29 is 4.79 Å². The Kier molecular flexibility index (Phi) is 2.70. The van der Waals surface area contributed by atoms with Crippen molar-refractivity contribution in [1.82, 2.24) is 14.9 Å². The van der Waals surface area contributed by atoms with Gasteiger partial charge < -0.3 is 9.88 Å². The van der Waals surface area contributed by atoms with Crippen molar-refractivity contribution in [3.05, 3.63) is 40.8 Å². The molecule has 2 aromatic rings. The number of nitrogens with one attached hydrogen (secondary N) is 1. The number of carbonyl (C=O) groups excluding carboxylic acids is 1. The minimum Gasteiger partial charge on any atom is -0.345 e. The Morgan fingerprint density at radius 3 is 2.83 bits per heavy atom. The largest absolute Gasteiger partial charge is 0.345 e. The fraction of sp³-hybridized carbons (Fsp3) is 0.231. The highest BCUT2D eigenvalue weighted by atomic mass is 79.9. The summed E-state index contributed by atoms with van der Waals surface area (Å²) in [5, 5.41) is 2.88. The van der Waals surface area contributed by atoms with Crippen LogP contribution in [0.2, 0.25) is 0 Å². The molecule has 0 spiro atoms. The van der Waals surface area contributed by atoms with E-state index in [1.54, 1.807) is 0 Å². The van der Waals surface area contributed by atoms with Gasteiger partial charge in [-0.3, -0.25) is 4.79 Å². The molecule has 1 aromatic heterocycles. The first kappa shape index (κ1) is 11.5. The van der Waals surface area contributed by atoms with Crippen molar-refractivity contribution in [3.8, 4) is 11.3 Å². The van der Waals surface area contributed by atoms with Gasteiger partial charge in [-0.05, 0) is 19.1 Å². The third kappa shape index (κ3) is 1.95. The number of hydrogen-bond donors (Lipinski definition) is 1. The fourth-order valence-corrected chi connectivity index (χ4v) is 2.43. The number of rotatable bonds is 1. The molecule has 5 heteroatoms. The number of nitrogens with zero attached hydrogens (tertiary/aromatic N) is 2. The van der Waals surface area contributed by atoms with E-state index in [0.717, 1.165) is 21.6 Å². The quantitative estimate of drug-likeness (QED) is 0.880. The zero-order chi connectivity index (χ0) is 12.7. The minimum atomic E-state index is -0.0320. The molecule has 4 nitrogen and oxygen atoms in total. The monoisotopic (exact) mass is 305 g/mol. The van der Waals surface area contributed by atoms with E-state index in [0.29, 0.717) is 6.54 Å². The number of fused-ring (bicyclic) bond motifs is 1. The van der Waals surface area contributed by atoms with E-state index in [1.165, 1.54) is 0 Å². The van der Waals surface area contributed by atoms with Crippen LogP contribution in [0.5, 0.6) is 0 Å². The van der Waals surface area contributed by atoms with E-state index in [2.05, 4.69) is 26.2 Å². The Labute approximate surface area is 113 Å². The average molecular weight is 306 g/mol. The molecule has 0 fully saturated rings. The molecule has 92 valence electrons. The summed E-state index contributed by atoms with van der Waals surface area (Å²) in [6.07, 6.45) is 1.94. The number of halogens is 1. The Balaban J connectivity index is 2.03. The van der Waals surface area contributed by atoms with Gasteiger partial charge in [-0.1, -0.05) is 28.1 Å². The van der Waals surface area contributed by atoms with Crippen molar-refractivity contribution in [2.45, 2.75) is 19.5 Å². The maximum atomic E-state index is 11.5. The third-order valence-electron chi connectivity index (χ3n) is 3.03. The zero-order valence-electron chi connectivity index (χ0n) is 9.85. The summed E-state index contributed by atoms with van der Waals surface area (Å²) in [6, 6.07) is 7.97. The van der Waals surface area contributed by atoms with E-state index in [9.17, 15) is 4.79 Å². The smallest absolute Gasteiger partial charge is 0.240 e. The van der Waals surface area contributed by atoms with Gasteiger partial charge in [0.2, 0.25) is 5.91 Å². The van der Waals surface area contributed by atoms with Gasteiger partial charge >= 0.3 is 0 Å². The van der Waals surface area contributed by atoms with Crippen LogP contribution in [0.4, 0.5) is 0 Å². The lowest BCUT2D eigenvalue weighted by Crippen LogP contribution is -2.37. The van der Waals surface area contributed by atoms with Gasteiger partial charge in [0.05, 0.1) is 11.7 Å². The molecule has 1 aliphatic rings. The van der Waals surface area contributed by atoms with Crippen LogP contribution in [0, 0.1) is 0 Å². The molecule has 1 N–H and O–H groups in total. The second kappa shape index (κ2) is 4.24. The van der Waals surface area contributed by atoms with Crippen LogP contribution in [0.25, 0.3) is 11.3 Å². The molecule has 1 atom stereocenters. The standard InChI is InChI=1S/C13H12BrN3O/c1-8-13-16-11(6-17(13)7-12(18)15-8)9-2-4-10(14)5-3-9/h2-6,8H,7H2,1H3,(H,15,18). The average Bonchev–Trinajstić information content (AvgIpc) is 2.74. The highest BCUT2D eigenvalue weighted by Gasteiger charge is 2.23. The summed E-state index contributed by atoms with van der Waals surface area (Å²) < 4.78 is 2.96. The Morgan fingerprint density at radius 2 is 2.11 bits per heavy atom. The lowest BCUT2D eigenvalue weighted by atomic mass is 10.2. The summed E-state index contributed by atoms with van der Waals surface area (Å²) in [5.41, 5.74) is 1.96. The number of benzene rings is 1. The molecule has 0 saturated carbocycles. The van der Waals surface area contributed by atoms with Crippen LogP contribution in [0.15, 0.2) is 34.9 Å². The molecule has 1 aromatic carbocycles. The third-order valence-corrected chi connectivity index (χ3v) is 3.55. The van der Waals surface area contributed by atoms with Gasteiger partial charge in [0.25, 0.3) is 0 Å². The molecule has 1 aliphatic heterocycles. The van der Waals surface area contributed by atoms with Crippen molar-refractivity contribution in [1.29, 1.82) is 0 Å². The highest BCUT2D eigenvalue weighted by Crippen LogP contribution is 2.24. The second-order valence-electron chi connectivity index (χ2n) is 4.41. The first-order valence-corrected chi connectivity index (χ1v) is 6.55. The predicted molar refractivity (Wildman–Crippen MR) is 71.9 cm³/mol. The van der Waals surface area contributed by atoms with Gasteiger partial charge in [0, 0.05) is 16.2 Å². The molecule has 3 rings (SSSR count). The van der Waals surface area contributed by atoms with Crippen LogP contribution in [0.3, 0.4) is 0 Å². The van der Waals surface area contributed by atoms with E-state index in [1.807, 2.05) is 42.0 Å². The molecular weight excluding hydrogens is 294 g/mol. The second-order valence-corrected chi connectivity index (χ2v) is 5.32. The summed E-state index contributed by atoms with van der Waals surface area (Å²) in [5.74, 6) is 0.947. The summed E-state index contributed by atoms with van der Waals surface area (Å²) in [6.45, 7) is 2.30. The van der Waals surface area contributed by atoms with Crippen molar-refractivity contribution in [3.63, 3.8) is 0 Å². The Morgan fingerprint density at radius 1 is 1.39 bits per heavy atom. The summed E-state index contributed by atoms with van der Waals surface area (Å²) in [4.78, 5) is 16.1. The fourth-order valence-electron chi connectivity index (χ4n) is 2.17. The van der Waals surface area contributed by atoms with E-state index in [-0.39, 0.29) is 11.9 Å². The SMILES string of the molecule is CC1NC(=O)Cn2cc(-c3ccc(Br)cc3)nc21. The van der Waals surface area contributed by atoms with Gasteiger partial charge in [-0.25, -0.2) is 4.98 Å². The van der Waals surface area contributed by atoms with E-state index < -0.39 is 0 Å². The number of amides is 1. The lowest BCUT2D eigenvalue weighted by molar-refractivity contribution is -0.123. The van der Waals surface area contributed by atoms with Gasteiger partial charge in [-0.15, -0.1) is 0 Å². The molecule has 0 radical (unpaired) electrons.